The predicted molar refractivity (Wildman–Crippen MR) is 98.3 cm³/mol. The van der Waals surface area contributed by atoms with Gasteiger partial charge in [0.25, 0.3) is 0 Å². The molecule has 0 atom stereocenters. The van der Waals surface area contributed by atoms with Crippen LogP contribution < -0.4 is 10.1 Å². The molecule has 0 spiro atoms. The van der Waals surface area contributed by atoms with E-state index in [9.17, 15) is 4.79 Å². The number of carbonyl (C=O) groups excluding carboxylic acids is 1. The molecule has 2 aromatic carbocycles. The Morgan fingerprint density at radius 3 is 2.80 bits per heavy atom. The Bertz CT molecular complexity index is 955. The minimum atomic E-state index is -0.0768. The second-order valence-electron chi connectivity index (χ2n) is 6.66. The highest BCUT2D eigenvalue weighted by molar-refractivity contribution is 5.96. The summed E-state index contributed by atoms with van der Waals surface area (Å²) < 4.78 is 11.0. The number of hydrogen-bond donors (Lipinski definition) is 1. The maximum atomic E-state index is 12.5. The van der Waals surface area contributed by atoms with Crippen molar-refractivity contribution in [2.75, 3.05) is 12.4 Å². The molecule has 4 heteroatoms. The molecule has 3 aromatic rings. The molecule has 1 aliphatic rings. The van der Waals surface area contributed by atoms with Gasteiger partial charge in [0.1, 0.15) is 11.3 Å². The Hall–Kier alpha value is -2.75. The molecule has 0 saturated heterocycles. The van der Waals surface area contributed by atoms with Crippen molar-refractivity contribution in [3.05, 3.63) is 58.8 Å². The highest BCUT2D eigenvalue weighted by Gasteiger charge is 2.17. The molecule has 1 heterocycles. The third kappa shape index (κ3) is 3.00. The van der Waals surface area contributed by atoms with Crippen LogP contribution in [0.3, 0.4) is 0 Å². The fraction of sp³-hybridized carbons (Fsp3) is 0.286. The van der Waals surface area contributed by atoms with Crippen LogP contribution in [-0.4, -0.2) is 13.0 Å². The highest BCUT2D eigenvalue weighted by Crippen LogP contribution is 2.31. The third-order valence-electron chi connectivity index (χ3n) is 4.85. The first kappa shape index (κ1) is 15.8. The zero-order valence-corrected chi connectivity index (χ0v) is 14.5. The van der Waals surface area contributed by atoms with Gasteiger partial charge in [-0.15, -0.1) is 0 Å². The lowest BCUT2D eigenvalue weighted by atomic mass is 10.0. The van der Waals surface area contributed by atoms with E-state index in [0.29, 0.717) is 11.4 Å². The number of methoxy groups -OCH3 is 1. The molecule has 0 unspecified atom stereocenters. The van der Waals surface area contributed by atoms with Crippen LogP contribution in [0.1, 0.15) is 28.7 Å². The molecular weight excluding hydrogens is 314 g/mol. The molecule has 1 N–H and O–H groups in total. The molecule has 1 amide bonds. The topological polar surface area (TPSA) is 51.5 Å². The monoisotopic (exact) mass is 335 g/mol. The summed E-state index contributed by atoms with van der Waals surface area (Å²) >= 11 is 0. The lowest BCUT2D eigenvalue weighted by molar-refractivity contribution is -0.115. The maximum absolute atomic E-state index is 12.5. The standard InChI is InChI=1S/C21H21NO3/c1-13-6-7-19(24-2)18(8-13)22-21(23)11-16-12-25-20-10-15-5-3-4-14(15)9-17(16)20/h6-10,12H,3-5,11H2,1-2H3,(H,22,23). The van der Waals surface area contributed by atoms with Crippen molar-refractivity contribution in [2.45, 2.75) is 32.6 Å². The van der Waals surface area contributed by atoms with Gasteiger partial charge in [-0.25, -0.2) is 0 Å². The summed E-state index contributed by atoms with van der Waals surface area (Å²) in [6.07, 6.45) is 5.41. The van der Waals surface area contributed by atoms with Crippen LogP contribution in [0.25, 0.3) is 11.0 Å². The molecule has 1 aliphatic carbocycles. The molecule has 0 bridgehead atoms. The molecule has 0 fully saturated rings. The third-order valence-corrected chi connectivity index (χ3v) is 4.85. The van der Waals surface area contributed by atoms with Crippen molar-refractivity contribution in [1.82, 2.24) is 0 Å². The second kappa shape index (κ2) is 6.28. The minimum Gasteiger partial charge on any atom is -0.495 e. The molecule has 25 heavy (non-hydrogen) atoms. The number of rotatable bonds is 4. The highest BCUT2D eigenvalue weighted by atomic mass is 16.5. The van der Waals surface area contributed by atoms with Gasteiger partial charge in [-0.05, 0) is 67.1 Å². The minimum absolute atomic E-state index is 0.0768. The van der Waals surface area contributed by atoms with Crippen molar-refractivity contribution in [1.29, 1.82) is 0 Å². The summed E-state index contributed by atoms with van der Waals surface area (Å²) in [5, 5.41) is 4.00. The molecular formula is C21H21NO3. The molecule has 128 valence electrons. The first-order chi connectivity index (χ1) is 12.1. The van der Waals surface area contributed by atoms with Crippen LogP contribution in [0.2, 0.25) is 0 Å². The van der Waals surface area contributed by atoms with Gasteiger partial charge in [0.05, 0.1) is 25.5 Å². The zero-order valence-electron chi connectivity index (χ0n) is 14.5. The Morgan fingerprint density at radius 1 is 1.20 bits per heavy atom. The quantitative estimate of drug-likeness (QED) is 0.768. The average molecular weight is 335 g/mol. The first-order valence-electron chi connectivity index (χ1n) is 8.60. The van der Waals surface area contributed by atoms with Gasteiger partial charge in [0.2, 0.25) is 5.91 Å². The Kier molecular flexibility index (Phi) is 3.96. The van der Waals surface area contributed by atoms with E-state index in [1.165, 1.54) is 17.5 Å². The Labute approximate surface area is 146 Å². The predicted octanol–water partition coefficient (Wildman–Crippen LogP) is 4.42. The van der Waals surface area contributed by atoms with Crippen LogP contribution in [0.4, 0.5) is 5.69 Å². The van der Waals surface area contributed by atoms with E-state index >= 15 is 0 Å². The number of amides is 1. The summed E-state index contributed by atoms with van der Waals surface area (Å²) in [6, 6.07) is 10.1. The van der Waals surface area contributed by atoms with Gasteiger partial charge in [-0.3, -0.25) is 4.79 Å². The number of fused-ring (bicyclic) bond motifs is 2. The number of nitrogens with one attached hydrogen (secondary N) is 1. The van der Waals surface area contributed by atoms with Crippen LogP contribution in [0.5, 0.6) is 5.75 Å². The summed E-state index contributed by atoms with van der Waals surface area (Å²) in [7, 11) is 1.60. The first-order valence-corrected chi connectivity index (χ1v) is 8.60. The number of furan rings is 1. The van der Waals surface area contributed by atoms with Crippen molar-refractivity contribution >= 4 is 22.6 Å². The van der Waals surface area contributed by atoms with Gasteiger partial charge >= 0.3 is 0 Å². The van der Waals surface area contributed by atoms with Crippen LogP contribution in [0, 0.1) is 6.92 Å². The van der Waals surface area contributed by atoms with Crippen molar-refractivity contribution in [2.24, 2.45) is 0 Å². The van der Waals surface area contributed by atoms with Crippen molar-refractivity contribution in [3.63, 3.8) is 0 Å². The second-order valence-corrected chi connectivity index (χ2v) is 6.66. The number of ether oxygens (including phenoxy) is 1. The maximum Gasteiger partial charge on any atom is 0.229 e. The lowest BCUT2D eigenvalue weighted by Gasteiger charge is -2.10. The zero-order chi connectivity index (χ0) is 17.4. The largest absolute Gasteiger partial charge is 0.495 e. The number of carbonyl (C=O) groups is 1. The normalized spacial score (nSPS) is 13.0. The summed E-state index contributed by atoms with van der Waals surface area (Å²) in [5.41, 5.74) is 6.32. The molecule has 4 rings (SSSR count). The molecule has 4 nitrogen and oxygen atoms in total. The van der Waals surface area contributed by atoms with Gasteiger partial charge in [0.15, 0.2) is 0 Å². The summed E-state index contributed by atoms with van der Waals surface area (Å²) in [5.74, 6) is 0.584. The summed E-state index contributed by atoms with van der Waals surface area (Å²) in [4.78, 5) is 12.5. The van der Waals surface area contributed by atoms with Gasteiger partial charge in [0, 0.05) is 10.9 Å². The Morgan fingerprint density at radius 2 is 2.00 bits per heavy atom. The Balaban J connectivity index is 1.57. The van der Waals surface area contributed by atoms with E-state index in [0.717, 1.165) is 34.9 Å². The number of benzene rings is 2. The fourth-order valence-corrected chi connectivity index (χ4v) is 3.57. The fourth-order valence-electron chi connectivity index (χ4n) is 3.57. The molecule has 0 radical (unpaired) electrons. The van der Waals surface area contributed by atoms with E-state index in [2.05, 4.69) is 17.4 Å². The smallest absolute Gasteiger partial charge is 0.229 e. The van der Waals surface area contributed by atoms with Gasteiger partial charge in [-0.2, -0.15) is 0 Å². The van der Waals surface area contributed by atoms with Gasteiger partial charge < -0.3 is 14.5 Å². The van der Waals surface area contributed by atoms with E-state index in [4.69, 9.17) is 9.15 Å². The number of hydrogen-bond acceptors (Lipinski definition) is 3. The number of aryl methyl sites for hydroxylation is 3. The molecule has 1 aromatic heterocycles. The molecule has 0 saturated carbocycles. The SMILES string of the molecule is COc1ccc(C)cc1NC(=O)Cc1coc2cc3c(cc12)CCC3. The van der Waals surface area contributed by atoms with E-state index in [1.807, 2.05) is 25.1 Å². The van der Waals surface area contributed by atoms with Crippen molar-refractivity contribution < 1.29 is 13.9 Å². The van der Waals surface area contributed by atoms with E-state index in [-0.39, 0.29) is 12.3 Å². The van der Waals surface area contributed by atoms with Crippen LogP contribution in [0.15, 0.2) is 41.0 Å². The molecule has 0 aliphatic heterocycles. The van der Waals surface area contributed by atoms with Gasteiger partial charge in [-0.1, -0.05) is 6.07 Å². The average Bonchev–Trinajstić information content (AvgIpc) is 3.20. The van der Waals surface area contributed by atoms with Crippen LogP contribution >= 0.6 is 0 Å². The van der Waals surface area contributed by atoms with E-state index in [1.54, 1.807) is 13.4 Å². The number of anilines is 1. The van der Waals surface area contributed by atoms with E-state index < -0.39 is 0 Å². The van der Waals surface area contributed by atoms with Crippen LogP contribution in [-0.2, 0) is 24.1 Å². The van der Waals surface area contributed by atoms with Crippen molar-refractivity contribution in [3.8, 4) is 5.75 Å². The lowest BCUT2D eigenvalue weighted by Crippen LogP contribution is -2.15. The summed E-state index contributed by atoms with van der Waals surface area (Å²) in [6.45, 7) is 1.99.